The van der Waals surface area contributed by atoms with Crippen LogP contribution in [0.15, 0.2) is 0 Å². The van der Waals surface area contributed by atoms with E-state index in [0.29, 0.717) is 0 Å². The maximum atomic E-state index is 11.1. The number of hydrogen-bond acceptors (Lipinski definition) is 3. The summed E-state index contributed by atoms with van der Waals surface area (Å²) < 4.78 is 5.39. The van der Waals surface area contributed by atoms with Crippen molar-refractivity contribution in [2.45, 2.75) is 84.2 Å². The molecule has 0 saturated carbocycles. The van der Waals surface area contributed by atoms with Crippen LogP contribution in [0.1, 0.15) is 78.1 Å². The van der Waals surface area contributed by atoms with Crippen molar-refractivity contribution in [1.82, 2.24) is 5.32 Å². The van der Waals surface area contributed by atoms with E-state index in [9.17, 15) is 4.79 Å². The Morgan fingerprint density at radius 2 is 1.70 bits per heavy atom. The molecule has 1 unspecified atom stereocenters. The van der Waals surface area contributed by atoms with Crippen molar-refractivity contribution in [1.29, 1.82) is 0 Å². The van der Waals surface area contributed by atoms with Gasteiger partial charge >= 0.3 is 5.97 Å². The second-order valence-corrected chi connectivity index (χ2v) is 5.85. The molecule has 0 heterocycles. The summed E-state index contributed by atoms with van der Waals surface area (Å²) in [7, 11) is 1.85. The molecule has 0 aromatic rings. The van der Waals surface area contributed by atoms with Crippen LogP contribution in [-0.4, -0.2) is 24.1 Å². The van der Waals surface area contributed by atoms with E-state index in [2.05, 4.69) is 12.2 Å². The molecule has 0 amide bonds. The van der Waals surface area contributed by atoms with Crippen LogP contribution >= 0.6 is 12.2 Å². The molecule has 3 nitrogen and oxygen atoms in total. The minimum atomic E-state index is -0.169. The molecular formula is C16H31NO2S. The normalized spacial score (nSPS) is 11.9. The first-order valence-corrected chi connectivity index (χ1v) is 8.38. The van der Waals surface area contributed by atoms with E-state index in [-0.39, 0.29) is 12.1 Å². The molecule has 20 heavy (non-hydrogen) atoms. The summed E-state index contributed by atoms with van der Waals surface area (Å²) in [4.78, 5) is 12.0. The predicted molar refractivity (Wildman–Crippen MR) is 89.1 cm³/mol. The third-order valence-corrected chi connectivity index (χ3v) is 3.83. The highest BCUT2D eigenvalue weighted by molar-refractivity contribution is 7.80. The Morgan fingerprint density at radius 3 is 2.30 bits per heavy atom. The van der Waals surface area contributed by atoms with Crippen molar-refractivity contribution in [3.8, 4) is 0 Å². The minimum absolute atomic E-state index is 0.0679. The SMILES string of the molecule is CCCCCCCCC(CCCC(=S)NC)OC(C)=O. The smallest absolute Gasteiger partial charge is 0.302 e. The largest absolute Gasteiger partial charge is 0.463 e. The number of unbranched alkanes of at least 4 members (excludes halogenated alkanes) is 5. The lowest BCUT2D eigenvalue weighted by Crippen LogP contribution is -2.19. The van der Waals surface area contributed by atoms with E-state index in [0.717, 1.165) is 37.1 Å². The summed E-state index contributed by atoms with van der Waals surface area (Å²) in [6, 6.07) is 0. The first kappa shape index (κ1) is 19.4. The Kier molecular flexibility index (Phi) is 12.9. The van der Waals surface area contributed by atoms with E-state index >= 15 is 0 Å². The fourth-order valence-electron chi connectivity index (χ4n) is 2.26. The van der Waals surface area contributed by atoms with E-state index in [1.54, 1.807) is 0 Å². The molecule has 1 atom stereocenters. The van der Waals surface area contributed by atoms with Crippen LogP contribution in [0.2, 0.25) is 0 Å². The fraction of sp³-hybridized carbons (Fsp3) is 0.875. The molecule has 118 valence electrons. The maximum absolute atomic E-state index is 11.1. The Balaban J connectivity index is 3.78. The summed E-state index contributed by atoms with van der Waals surface area (Å²) in [6.07, 6.45) is 11.4. The number of carbonyl (C=O) groups excluding carboxylic acids is 1. The number of esters is 1. The Labute approximate surface area is 129 Å². The van der Waals surface area contributed by atoms with Gasteiger partial charge in [0, 0.05) is 14.0 Å². The van der Waals surface area contributed by atoms with Crippen LogP contribution in [0, 0.1) is 0 Å². The molecule has 0 fully saturated rings. The average Bonchev–Trinajstić information content (AvgIpc) is 2.41. The van der Waals surface area contributed by atoms with Gasteiger partial charge in [0.15, 0.2) is 0 Å². The van der Waals surface area contributed by atoms with Crippen LogP contribution < -0.4 is 5.32 Å². The van der Waals surface area contributed by atoms with Gasteiger partial charge in [-0.3, -0.25) is 4.79 Å². The van der Waals surface area contributed by atoms with Gasteiger partial charge in [-0.1, -0.05) is 51.2 Å². The molecule has 0 aromatic carbocycles. The number of hydrogen-bond donors (Lipinski definition) is 1. The van der Waals surface area contributed by atoms with Crippen LogP contribution in [0.5, 0.6) is 0 Å². The standard InChI is InChI=1S/C16H31NO2S/c1-4-5-6-7-8-9-11-15(19-14(2)18)12-10-13-16(20)17-3/h15H,4-13H2,1-3H3,(H,17,20). The molecule has 0 radical (unpaired) electrons. The van der Waals surface area contributed by atoms with Crippen LogP contribution in [0.3, 0.4) is 0 Å². The van der Waals surface area contributed by atoms with Crippen molar-refractivity contribution in [2.24, 2.45) is 0 Å². The van der Waals surface area contributed by atoms with Crippen molar-refractivity contribution >= 4 is 23.2 Å². The lowest BCUT2D eigenvalue weighted by molar-refractivity contribution is -0.147. The van der Waals surface area contributed by atoms with Crippen LogP contribution in [0.4, 0.5) is 0 Å². The highest BCUT2D eigenvalue weighted by Crippen LogP contribution is 2.15. The Hall–Kier alpha value is -0.640. The van der Waals surface area contributed by atoms with Gasteiger partial charge in [-0.15, -0.1) is 0 Å². The van der Waals surface area contributed by atoms with Gasteiger partial charge < -0.3 is 10.1 Å². The van der Waals surface area contributed by atoms with E-state index in [1.807, 2.05) is 7.05 Å². The van der Waals surface area contributed by atoms with Crippen LogP contribution in [0.25, 0.3) is 0 Å². The number of carbonyl (C=O) groups is 1. The quantitative estimate of drug-likeness (QED) is 0.330. The second kappa shape index (κ2) is 13.3. The Bertz CT molecular complexity index is 269. The molecule has 0 spiro atoms. The number of thiocarbonyl (C=S) groups is 1. The van der Waals surface area contributed by atoms with Crippen molar-refractivity contribution in [2.75, 3.05) is 7.05 Å². The molecule has 0 aliphatic heterocycles. The molecule has 0 aliphatic rings. The highest BCUT2D eigenvalue weighted by atomic mass is 32.1. The van der Waals surface area contributed by atoms with Crippen molar-refractivity contribution < 1.29 is 9.53 Å². The maximum Gasteiger partial charge on any atom is 0.302 e. The number of nitrogens with one attached hydrogen (secondary N) is 1. The topological polar surface area (TPSA) is 38.3 Å². The highest BCUT2D eigenvalue weighted by Gasteiger charge is 2.11. The van der Waals surface area contributed by atoms with Gasteiger partial charge in [0.2, 0.25) is 0 Å². The van der Waals surface area contributed by atoms with Gasteiger partial charge in [-0.05, 0) is 32.1 Å². The summed E-state index contributed by atoms with van der Waals surface area (Å²) in [5.41, 5.74) is 0. The summed E-state index contributed by atoms with van der Waals surface area (Å²) in [5.74, 6) is -0.169. The monoisotopic (exact) mass is 301 g/mol. The lowest BCUT2D eigenvalue weighted by Gasteiger charge is -2.17. The van der Waals surface area contributed by atoms with Gasteiger partial charge in [-0.2, -0.15) is 0 Å². The molecule has 0 aliphatic carbocycles. The lowest BCUT2D eigenvalue weighted by atomic mass is 10.0. The third-order valence-electron chi connectivity index (χ3n) is 3.42. The Morgan fingerprint density at radius 1 is 1.10 bits per heavy atom. The average molecular weight is 301 g/mol. The molecular weight excluding hydrogens is 270 g/mol. The van der Waals surface area contributed by atoms with Gasteiger partial charge in [0.25, 0.3) is 0 Å². The first-order chi connectivity index (χ1) is 9.60. The van der Waals surface area contributed by atoms with E-state index in [4.69, 9.17) is 17.0 Å². The van der Waals surface area contributed by atoms with Crippen molar-refractivity contribution in [3.63, 3.8) is 0 Å². The van der Waals surface area contributed by atoms with Gasteiger partial charge in [0.1, 0.15) is 6.10 Å². The first-order valence-electron chi connectivity index (χ1n) is 7.98. The zero-order valence-electron chi connectivity index (χ0n) is 13.4. The van der Waals surface area contributed by atoms with Gasteiger partial charge in [-0.25, -0.2) is 0 Å². The molecule has 4 heteroatoms. The molecule has 0 aromatic heterocycles. The van der Waals surface area contributed by atoms with E-state index in [1.165, 1.54) is 39.0 Å². The predicted octanol–water partition coefficient (Wildman–Crippen LogP) is 4.39. The fourth-order valence-corrected chi connectivity index (χ4v) is 2.41. The second-order valence-electron chi connectivity index (χ2n) is 5.35. The summed E-state index contributed by atoms with van der Waals surface area (Å²) in [6.45, 7) is 3.72. The molecule has 1 N–H and O–H groups in total. The summed E-state index contributed by atoms with van der Waals surface area (Å²) in [5, 5.41) is 2.98. The van der Waals surface area contributed by atoms with Crippen molar-refractivity contribution in [3.05, 3.63) is 0 Å². The molecule has 0 saturated heterocycles. The third kappa shape index (κ3) is 12.4. The summed E-state index contributed by atoms with van der Waals surface area (Å²) >= 11 is 5.12. The molecule has 0 bridgehead atoms. The zero-order chi connectivity index (χ0) is 15.2. The van der Waals surface area contributed by atoms with E-state index < -0.39 is 0 Å². The minimum Gasteiger partial charge on any atom is -0.463 e. The molecule has 0 rings (SSSR count). The van der Waals surface area contributed by atoms with Crippen LogP contribution in [-0.2, 0) is 9.53 Å². The number of rotatable bonds is 12. The van der Waals surface area contributed by atoms with Gasteiger partial charge in [0.05, 0.1) is 4.99 Å². The zero-order valence-corrected chi connectivity index (χ0v) is 14.2. The number of ether oxygens (including phenoxy) is 1.